The van der Waals surface area contributed by atoms with Crippen molar-refractivity contribution >= 4 is 21.4 Å². The minimum atomic E-state index is 1.24. The van der Waals surface area contributed by atoms with E-state index in [2.05, 4.69) is 36.6 Å². The maximum atomic E-state index is 2.31. The van der Waals surface area contributed by atoms with Gasteiger partial charge in [-0.15, -0.1) is 11.3 Å². The van der Waals surface area contributed by atoms with E-state index in [1.54, 1.807) is 0 Å². The Kier molecular flexibility index (Phi) is 2.65. The van der Waals surface area contributed by atoms with Gasteiger partial charge in [-0.1, -0.05) is 31.5 Å². The molecule has 0 N–H and O–H groups in total. The molecule has 0 nitrogen and oxygen atoms in total. The van der Waals surface area contributed by atoms with Gasteiger partial charge in [0.05, 0.1) is 0 Å². The van der Waals surface area contributed by atoms with E-state index in [0.717, 1.165) is 0 Å². The molecule has 1 aromatic heterocycles. The predicted molar refractivity (Wildman–Crippen MR) is 60.4 cm³/mol. The highest BCUT2D eigenvalue weighted by atomic mass is 32.1. The number of fused-ring (bicyclic) bond motifs is 1. The molecule has 0 amide bonds. The molecule has 1 aromatic carbocycles. The SMILES string of the molecule is CCCCc1csc2ccccc12. The lowest BCUT2D eigenvalue weighted by Gasteiger charge is -1.96. The van der Waals surface area contributed by atoms with Gasteiger partial charge in [0.2, 0.25) is 0 Å². The second kappa shape index (κ2) is 3.93. The van der Waals surface area contributed by atoms with Crippen molar-refractivity contribution in [1.29, 1.82) is 0 Å². The first-order valence-corrected chi connectivity index (χ1v) is 5.75. The fourth-order valence-electron chi connectivity index (χ4n) is 1.59. The van der Waals surface area contributed by atoms with Crippen LogP contribution in [0.3, 0.4) is 0 Å². The highest BCUT2D eigenvalue weighted by Crippen LogP contribution is 2.26. The van der Waals surface area contributed by atoms with Gasteiger partial charge >= 0.3 is 0 Å². The van der Waals surface area contributed by atoms with Crippen molar-refractivity contribution in [3.63, 3.8) is 0 Å². The van der Waals surface area contributed by atoms with Crippen LogP contribution in [0.4, 0.5) is 0 Å². The molecule has 0 aliphatic rings. The zero-order valence-electron chi connectivity index (χ0n) is 7.92. The average molecular weight is 190 g/mol. The van der Waals surface area contributed by atoms with Crippen molar-refractivity contribution in [2.24, 2.45) is 0 Å². The number of rotatable bonds is 3. The Morgan fingerprint density at radius 2 is 2.08 bits per heavy atom. The molecule has 2 aromatic rings. The Morgan fingerprint density at radius 1 is 1.23 bits per heavy atom. The molecule has 0 saturated carbocycles. The molecule has 0 fully saturated rings. The molecule has 0 bridgehead atoms. The molecular weight excluding hydrogens is 176 g/mol. The van der Waals surface area contributed by atoms with Gasteiger partial charge in [0.25, 0.3) is 0 Å². The second-order valence-corrected chi connectivity index (χ2v) is 4.27. The van der Waals surface area contributed by atoms with Crippen LogP contribution in [0.5, 0.6) is 0 Å². The maximum Gasteiger partial charge on any atom is 0.0345 e. The summed E-state index contributed by atoms with van der Waals surface area (Å²) in [6, 6.07) is 8.68. The average Bonchev–Trinajstić information content (AvgIpc) is 2.58. The van der Waals surface area contributed by atoms with Gasteiger partial charge in [-0.3, -0.25) is 0 Å². The summed E-state index contributed by atoms with van der Waals surface area (Å²) >= 11 is 1.86. The topological polar surface area (TPSA) is 0 Å². The predicted octanol–water partition coefficient (Wildman–Crippen LogP) is 4.24. The van der Waals surface area contributed by atoms with Crippen LogP contribution in [0.15, 0.2) is 29.6 Å². The normalized spacial score (nSPS) is 10.8. The van der Waals surface area contributed by atoms with Crippen molar-refractivity contribution in [1.82, 2.24) is 0 Å². The van der Waals surface area contributed by atoms with E-state index in [4.69, 9.17) is 0 Å². The monoisotopic (exact) mass is 190 g/mol. The number of benzene rings is 1. The Labute approximate surface area is 83.2 Å². The third-order valence-corrected chi connectivity index (χ3v) is 3.37. The van der Waals surface area contributed by atoms with Crippen LogP contribution in [0.2, 0.25) is 0 Å². The second-order valence-electron chi connectivity index (χ2n) is 3.36. The van der Waals surface area contributed by atoms with Gasteiger partial charge in [0, 0.05) is 4.70 Å². The summed E-state index contributed by atoms with van der Waals surface area (Å²) in [6.45, 7) is 2.24. The standard InChI is InChI=1S/C12H14S/c1-2-3-6-10-9-13-12-8-5-4-7-11(10)12/h4-5,7-9H,2-3,6H2,1H3. The van der Waals surface area contributed by atoms with Gasteiger partial charge in [-0.25, -0.2) is 0 Å². The van der Waals surface area contributed by atoms with Gasteiger partial charge in [0.1, 0.15) is 0 Å². The fraction of sp³-hybridized carbons (Fsp3) is 0.333. The first-order valence-electron chi connectivity index (χ1n) is 4.87. The van der Waals surface area contributed by atoms with Gasteiger partial charge in [-0.2, -0.15) is 0 Å². The zero-order valence-corrected chi connectivity index (χ0v) is 8.73. The molecule has 0 aliphatic carbocycles. The first kappa shape index (κ1) is 8.76. The molecule has 13 heavy (non-hydrogen) atoms. The van der Waals surface area contributed by atoms with Crippen LogP contribution in [0, 0.1) is 0 Å². The molecule has 68 valence electrons. The molecule has 2 rings (SSSR count). The molecule has 0 aliphatic heterocycles. The molecule has 0 atom stereocenters. The van der Waals surface area contributed by atoms with E-state index < -0.39 is 0 Å². The van der Waals surface area contributed by atoms with Crippen LogP contribution in [0.1, 0.15) is 25.3 Å². The summed E-state index contributed by atoms with van der Waals surface area (Å²) in [5.41, 5.74) is 1.53. The number of thiophene rings is 1. The van der Waals surface area contributed by atoms with E-state index in [9.17, 15) is 0 Å². The smallest absolute Gasteiger partial charge is 0.0345 e. The molecule has 0 unspecified atom stereocenters. The van der Waals surface area contributed by atoms with E-state index in [1.165, 1.54) is 34.9 Å². The molecule has 1 heterocycles. The third kappa shape index (κ3) is 1.75. The molecule has 0 spiro atoms. The summed E-state index contributed by atoms with van der Waals surface area (Å²) in [5.74, 6) is 0. The van der Waals surface area contributed by atoms with Gasteiger partial charge < -0.3 is 0 Å². The Balaban J connectivity index is 2.35. The molecular formula is C12H14S. The molecule has 0 radical (unpaired) electrons. The molecule has 1 heteroatoms. The summed E-state index contributed by atoms with van der Waals surface area (Å²) in [7, 11) is 0. The highest BCUT2D eigenvalue weighted by Gasteiger charge is 2.01. The summed E-state index contributed by atoms with van der Waals surface area (Å²) < 4.78 is 1.42. The largest absolute Gasteiger partial charge is 0.144 e. The molecule has 0 saturated heterocycles. The van der Waals surface area contributed by atoms with Gasteiger partial charge in [0.15, 0.2) is 0 Å². The van der Waals surface area contributed by atoms with Gasteiger partial charge in [-0.05, 0) is 35.2 Å². The third-order valence-electron chi connectivity index (χ3n) is 2.36. The number of hydrogen-bond donors (Lipinski definition) is 0. The lowest BCUT2D eigenvalue weighted by Crippen LogP contribution is -1.80. The highest BCUT2D eigenvalue weighted by molar-refractivity contribution is 7.17. The Hall–Kier alpha value is -0.820. The minimum Gasteiger partial charge on any atom is -0.144 e. The first-order chi connectivity index (χ1) is 6.42. The number of unbranched alkanes of at least 4 members (excludes halogenated alkanes) is 1. The summed E-state index contributed by atoms with van der Waals surface area (Å²) in [4.78, 5) is 0. The van der Waals surface area contributed by atoms with Crippen molar-refractivity contribution < 1.29 is 0 Å². The Bertz CT molecular complexity index is 387. The van der Waals surface area contributed by atoms with Crippen molar-refractivity contribution in [3.05, 3.63) is 35.2 Å². The number of hydrogen-bond acceptors (Lipinski definition) is 1. The van der Waals surface area contributed by atoms with E-state index in [-0.39, 0.29) is 0 Å². The summed E-state index contributed by atoms with van der Waals surface area (Å²) in [6.07, 6.45) is 3.82. The van der Waals surface area contributed by atoms with Crippen LogP contribution in [-0.2, 0) is 6.42 Å². The van der Waals surface area contributed by atoms with E-state index in [0.29, 0.717) is 0 Å². The quantitative estimate of drug-likeness (QED) is 0.679. The number of aryl methyl sites for hydroxylation is 1. The van der Waals surface area contributed by atoms with Crippen LogP contribution in [0.25, 0.3) is 10.1 Å². The lowest BCUT2D eigenvalue weighted by molar-refractivity contribution is 0.800. The van der Waals surface area contributed by atoms with E-state index in [1.807, 2.05) is 11.3 Å². The van der Waals surface area contributed by atoms with E-state index >= 15 is 0 Å². The van der Waals surface area contributed by atoms with Crippen molar-refractivity contribution in [2.75, 3.05) is 0 Å². The zero-order chi connectivity index (χ0) is 9.10. The minimum absolute atomic E-state index is 1.24. The van der Waals surface area contributed by atoms with Crippen molar-refractivity contribution in [3.8, 4) is 0 Å². The van der Waals surface area contributed by atoms with Crippen molar-refractivity contribution in [2.45, 2.75) is 26.2 Å². The summed E-state index contributed by atoms with van der Waals surface area (Å²) in [5, 5.41) is 3.77. The Morgan fingerprint density at radius 3 is 2.92 bits per heavy atom. The fourth-order valence-corrected chi connectivity index (χ4v) is 2.59. The van der Waals surface area contributed by atoms with Crippen LogP contribution >= 0.6 is 11.3 Å². The van der Waals surface area contributed by atoms with Crippen LogP contribution < -0.4 is 0 Å². The lowest BCUT2D eigenvalue weighted by atomic mass is 10.1. The van der Waals surface area contributed by atoms with Crippen LogP contribution in [-0.4, -0.2) is 0 Å². The maximum absolute atomic E-state index is 2.31.